The van der Waals surface area contributed by atoms with Crippen LogP contribution in [0.3, 0.4) is 0 Å². The van der Waals surface area contributed by atoms with Crippen LogP contribution in [-0.2, 0) is 10.0 Å². The Bertz CT molecular complexity index is 522. The molecule has 1 N–H and O–H groups in total. The van der Waals surface area contributed by atoms with Gasteiger partial charge in [-0.3, -0.25) is 0 Å². The molecular formula is C13H18BrNO2S2. The lowest BCUT2D eigenvalue weighted by molar-refractivity contribution is 0.551. The molecule has 0 aromatic heterocycles. The van der Waals surface area contributed by atoms with E-state index < -0.39 is 10.0 Å². The quantitative estimate of drug-likeness (QED) is 0.871. The fourth-order valence-corrected chi connectivity index (χ4v) is 4.79. The number of sulfonamides is 1. The molecule has 0 radical (unpaired) electrons. The Morgan fingerprint density at radius 1 is 1.26 bits per heavy atom. The summed E-state index contributed by atoms with van der Waals surface area (Å²) in [6, 6.07) is 6.72. The van der Waals surface area contributed by atoms with Gasteiger partial charge in [0.1, 0.15) is 0 Å². The Hall–Kier alpha value is -0.0400. The van der Waals surface area contributed by atoms with Crippen LogP contribution in [-0.4, -0.2) is 26.0 Å². The topological polar surface area (TPSA) is 46.2 Å². The number of benzene rings is 1. The fourth-order valence-electron chi connectivity index (χ4n) is 2.40. The van der Waals surface area contributed by atoms with E-state index >= 15 is 0 Å². The summed E-state index contributed by atoms with van der Waals surface area (Å²) < 4.78 is 28.2. The predicted octanol–water partition coefficient (Wildman–Crippen LogP) is 3.40. The lowest BCUT2D eigenvalue weighted by Crippen LogP contribution is -2.38. The summed E-state index contributed by atoms with van der Waals surface area (Å²) in [7, 11) is -3.40. The van der Waals surface area contributed by atoms with Gasteiger partial charge in [0.05, 0.1) is 4.90 Å². The van der Waals surface area contributed by atoms with E-state index in [2.05, 4.69) is 26.9 Å². The molecule has 6 heteroatoms. The third-order valence-electron chi connectivity index (χ3n) is 3.66. The third-order valence-corrected chi connectivity index (χ3v) is 7.02. The maximum atomic E-state index is 12.2. The molecule has 1 aliphatic carbocycles. The first kappa shape index (κ1) is 15.4. The second kappa shape index (κ2) is 6.16. The van der Waals surface area contributed by atoms with Crippen LogP contribution in [0.2, 0.25) is 0 Å². The molecule has 2 rings (SSSR count). The summed E-state index contributed by atoms with van der Waals surface area (Å²) in [5, 5.41) is 0. The van der Waals surface area contributed by atoms with Crippen molar-refractivity contribution in [2.24, 2.45) is 0 Å². The molecule has 0 amide bonds. The van der Waals surface area contributed by atoms with E-state index in [-0.39, 0.29) is 4.75 Å². The molecule has 1 aliphatic rings. The summed E-state index contributed by atoms with van der Waals surface area (Å²) in [5.41, 5.74) is 0. The van der Waals surface area contributed by atoms with Crippen LogP contribution in [0.15, 0.2) is 33.6 Å². The fraction of sp³-hybridized carbons (Fsp3) is 0.538. The monoisotopic (exact) mass is 363 g/mol. The highest BCUT2D eigenvalue weighted by molar-refractivity contribution is 9.10. The molecular weight excluding hydrogens is 346 g/mol. The molecule has 19 heavy (non-hydrogen) atoms. The number of hydrogen-bond donors (Lipinski definition) is 1. The molecule has 0 atom stereocenters. The van der Waals surface area contributed by atoms with Gasteiger partial charge in [-0.25, -0.2) is 13.1 Å². The Labute approximate surface area is 127 Å². The number of rotatable bonds is 5. The first-order valence-corrected chi connectivity index (χ1v) is 9.78. The summed E-state index contributed by atoms with van der Waals surface area (Å²) in [4.78, 5) is 0.324. The summed E-state index contributed by atoms with van der Waals surface area (Å²) in [6.45, 7) is 0.520. The van der Waals surface area contributed by atoms with Gasteiger partial charge in [0.2, 0.25) is 10.0 Å². The summed E-state index contributed by atoms with van der Waals surface area (Å²) >= 11 is 5.09. The van der Waals surface area contributed by atoms with Crippen molar-refractivity contribution in [3.8, 4) is 0 Å². The maximum Gasteiger partial charge on any atom is 0.240 e. The highest BCUT2D eigenvalue weighted by Gasteiger charge is 2.34. The van der Waals surface area contributed by atoms with Gasteiger partial charge in [0.25, 0.3) is 0 Å². The molecule has 0 aliphatic heterocycles. The van der Waals surface area contributed by atoms with E-state index in [1.165, 1.54) is 12.8 Å². The number of hydrogen-bond acceptors (Lipinski definition) is 3. The predicted molar refractivity (Wildman–Crippen MR) is 84.0 cm³/mol. The van der Waals surface area contributed by atoms with Crippen molar-refractivity contribution in [3.05, 3.63) is 28.7 Å². The lowest BCUT2D eigenvalue weighted by Gasteiger charge is -2.26. The van der Waals surface area contributed by atoms with Crippen molar-refractivity contribution < 1.29 is 8.42 Å². The Balaban J connectivity index is 2.07. The van der Waals surface area contributed by atoms with Crippen molar-refractivity contribution in [1.82, 2.24) is 4.72 Å². The van der Waals surface area contributed by atoms with Gasteiger partial charge < -0.3 is 0 Å². The zero-order valence-corrected chi connectivity index (χ0v) is 14.1. The van der Waals surface area contributed by atoms with Gasteiger partial charge in [-0.05, 0) is 43.4 Å². The summed E-state index contributed by atoms with van der Waals surface area (Å²) in [5.74, 6) is 0. The van der Waals surface area contributed by atoms with Crippen molar-refractivity contribution in [3.63, 3.8) is 0 Å². The number of nitrogens with one attached hydrogen (secondary N) is 1. The van der Waals surface area contributed by atoms with Crippen LogP contribution in [0.5, 0.6) is 0 Å². The zero-order chi connectivity index (χ0) is 13.9. The third kappa shape index (κ3) is 3.74. The van der Waals surface area contributed by atoms with Crippen LogP contribution < -0.4 is 4.72 Å². The molecule has 0 heterocycles. The van der Waals surface area contributed by atoms with Crippen molar-refractivity contribution in [2.45, 2.75) is 35.3 Å². The van der Waals surface area contributed by atoms with Crippen molar-refractivity contribution in [2.75, 3.05) is 12.8 Å². The van der Waals surface area contributed by atoms with E-state index in [1.54, 1.807) is 36.0 Å². The van der Waals surface area contributed by atoms with Crippen LogP contribution in [0.4, 0.5) is 0 Å². The molecule has 0 spiro atoms. The second-order valence-electron chi connectivity index (χ2n) is 4.87. The molecule has 3 nitrogen and oxygen atoms in total. The first-order chi connectivity index (χ1) is 8.97. The van der Waals surface area contributed by atoms with Gasteiger partial charge in [-0.2, -0.15) is 11.8 Å². The SMILES string of the molecule is CSC1(CNS(=O)(=O)c2ccc(Br)cc2)CCCC1. The average molecular weight is 364 g/mol. The van der Waals surface area contributed by atoms with Crippen LogP contribution in [0.25, 0.3) is 0 Å². The van der Waals surface area contributed by atoms with Gasteiger partial charge in [0.15, 0.2) is 0 Å². The minimum Gasteiger partial charge on any atom is -0.210 e. The maximum absolute atomic E-state index is 12.2. The van der Waals surface area contributed by atoms with Gasteiger partial charge in [0, 0.05) is 15.8 Å². The molecule has 0 saturated heterocycles. The van der Waals surface area contributed by atoms with E-state index in [0.717, 1.165) is 17.3 Å². The minimum absolute atomic E-state index is 0.0857. The zero-order valence-electron chi connectivity index (χ0n) is 10.9. The first-order valence-electron chi connectivity index (χ1n) is 6.28. The molecule has 106 valence electrons. The minimum atomic E-state index is -3.40. The van der Waals surface area contributed by atoms with Gasteiger partial charge >= 0.3 is 0 Å². The smallest absolute Gasteiger partial charge is 0.210 e. The van der Waals surface area contributed by atoms with Crippen LogP contribution in [0, 0.1) is 0 Å². The van der Waals surface area contributed by atoms with Crippen LogP contribution in [0.1, 0.15) is 25.7 Å². The molecule has 0 bridgehead atoms. The molecule has 1 saturated carbocycles. The van der Waals surface area contributed by atoms with Crippen molar-refractivity contribution >= 4 is 37.7 Å². The van der Waals surface area contributed by atoms with E-state index in [1.807, 2.05) is 0 Å². The normalized spacial score (nSPS) is 18.6. The highest BCUT2D eigenvalue weighted by Crippen LogP contribution is 2.39. The average Bonchev–Trinajstić information content (AvgIpc) is 2.87. The highest BCUT2D eigenvalue weighted by atomic mass is 79.9. The summed E-state index contributed by atoms with van der Waals surface area (Å²) in [6.07, 6.45) is 6.65. The van der Waals surface area contributed by atoms with Gasteiger partial charge in [-0.15, -0.1) is 0 Å². The van der Waals surface area contributed by atoms with E-state index in [9.17, 15) is 8.42 Å². The Morgan fingerprint density at radius 3 is 2.37 bits per heavy atom. The van der Waals surface area contributed by atoms with E-state index in [4.69, 9.17) is 0 Å². The van der Waals surface area contributed by atoms with Crippen LogP contribution >= 0.6 is 27.7 Å². The number of thioether (sulfide) groups is 1. The lowest BCUT2D eigenvalue weighted by atomic mass is 10.1. The molecule has 1 aromatic carbocycles. The number of halogens is 1. The largest absolute Gasteiger partial charge is 0.240 e. The Kier molecular flexibility index (Phi) is 4.98. The Morgan fingerprint density at radius 2 is 1.84 bits per heavy atom. The molecule has 1 aromatic rings. The van der Waals surface area contributed by atoms with Gasteiger partial charge in [-0.1, -0.05) is 28.8 Å². The van der Waals surface area contributed by atoms with Crippen molar-refractivity contribution in [1.29, 1.82) is 0 Å². The molecule has 0 unspecified atom stereocenters. The molecule has 1 fully saturated rings. The van der Waals surface area contributed by atoms with E-state index in [0.29, 0.717) is 11.4 Å². The standard InChI is InChI=1S/C13H18BrNO2S2/c1-18-13(8-2-3-9-13)10-15-19(16,17)12-6-4-11(14)5-7-12/h4-7,15H,2-3,8-10H2,1H3. The second-order valence-corrected chi connectivity index (χ2v) is 8.83.